The van der Waals surface area contributed by atoms with Crippen molar-refractivity contribution < 1.29 is 9.26 Å². The Morgan fingerprint density at radius 2 is 2.28 bits per heavy atom. The zero-order valence-electron chi connectivity index (χ0n) is 10.6. The molecular formula is C13H17N3O2. The number of aryl methyl sites for hydroxylation is 1. The van der Waals surface area contributed by atoms with Crippen molar-refractivity contribution in [2.24, 2.45) is 0 Å². The Balaban J connectivity index is 1.78. The summed E-state index contributed by atoms with van der Waals surface area (Å²) < 4.78 is 10.1. The quantitative estimate of drug-likeness (QED) is 0.787. The summed E-state index contributed by atoms with van der Waals surface area (Å²) in [6.45, 7) is 3.67. The maximum Gasteiger partial charge on any atom is 0.227 e. The van der Waals surface area contributed by atoms with Crippen LogP contribution in [0.2, 0.25) is 0 Å². The summed E-state index contributed by atoms with van der Waals surface area (Å²) in [5, 5.41) is 6.90. The number of hydrogen-bond donors (Lipinski definition) is 1. The molecule has 0 fully saturated rings. The van der Waals surface area contributed by atoms with Gasteiger partial charge in [0, 0.05) is 19.5 Å². The van der Waals surface area contributed by atoms with Gasteiger partial charge in [0.25, 0.3) is 0 Å². The van der Waals surface area contributed by atoms with E-state index in [0.717, 1.165) is 30.8 Å². The minimum Gasteiger partial charge on any atom is -0.496 e. The molecule has 1 N–H and O–H groups in total. The highest BCUT2D eigenvalue weighted by atomic mass is 16.5. The third-order valence-corrected chi connectivity index (χ3v) is 2.71. The van der Waals surface area contributed by atoms with Gasteiger partial charge in [0.2, 0.25) is 5.89 Å². The summed E-state index contributed by atoms with van der Waals surface area (Å²) in [5.74, 6) is 1.58. The molecule has 1 aromatic heterocycles. The summed E-state index contributed by atoms with van der Waals surface area (Å²) in [6.07, 6.45) is 2.16. The van der Waals surface area contributed by atoms with Gasteiger partial charge in [-0.1, -0.05) is 17.3 Å². The average Bonchev–Trinajstić information content (AvgIpc) is 2.88. The Labute approximate surface area is 106 Å². The van der Waals surface area contributed by atoms with E-state index >= 15 is 0 Å². The van der Waals surface area contributed by atoms with Crippen LogP contribution in [0.25, 0.3) is 0 Å². The molecule has 0 atom stereocenters. The van der Waals surface area contributed by atoms with Gasteiger partial charge in [-0.25, -0.2) is 0 Å². The molecule has 2 aromatic rings. The van der Waals surface area contributed by atoms with Crippen LogP contribution >= 0.6 is 0 Å². The van der Waals surface area contributed by atoms with Crippen molar-refractivity contribution in [3.8, 4) is 5.75 Å². The molecule has 0 aliphatic heterocycles. The van der Waals surface area contributed by atoms with Crippen LogP contribution < -0.4 is 10.1 Å². The standard InChI is InChI=1S/C13H17N3O2/c1-10-7-11(3-4-12(10)17-2)8-14-6-5-13-15-9-16-18-13/h3-4,7,9,14H,5-6,8H2,1-2H3. The number of ether oxygens (including phenoxy) is 1. The summed E-state index contributed by atoms with van der Waals surface area (Å²) >= 11 is 0. The zero-order chi connectivity index (χ0) is 12.8. The summed E-state index contributed by atoms with van der Waals surface area (Å²) in [5.41, 5.74) is 2.38. The van der Waals surface area contributed by atoms with E-state index in [9.17, 15) is 0 Å². The monoisotopic (exact) mass is 247 g/mol. The smallest absolute Gasteiger partial charge is 0.227 e. The lowest BCUT2D eigenvalue weighted by Crippen LogP contribution is -2.16. The van der Waals surface area contributed by atoms with Crippen molar-refractivity contribution in [2.45, 2.75) is 19.9 Å². The van der Waals surface area contributed by atoms with Crippen LogP contribution in [0.1, 0.15) is 17.0 Å². The minimum absolute atomic E-state index is 0.661. The van der Waals surface area contributed by atoms with Crippen LogP contribution in [0.15, 0.2) is 29.0 Å². The molecule has 96 valence electrons. The molecule has 0 amide bonds. The molecule has 1 aromatic carbocycles. The van der Waals surface area contributed by atoms with E-state index in [1.807, 2.05) is 13.0 Å². The Morgan fingerprint density at radius 1 is 1.39 bits per heavy atom. The second-order valence-electron chi connectivity index (χ2n) is 4.07. The molecule has 18 heavy (non-hydrogen) atoms. The number of nitrogens with zero attached hydrogens (tertiary/aromatic N) is 2. The van der Waals surface area contributed by atoms with Gasteiger partial charge in [0.1, 0.15) is 5.75 Å². The maximum absolute atomic E-state index is 5.23. The number of hydrogen-bond acceptors (Lipinski definition) is 5. The lowest BCUT2D eigenvalue weighted by atomic mass is 10.1. The molecule has 0 bridgehead atoms. The first-order valence-corrected chi connectivity index (χ1v) is 5.89. The molecule has 0 radical (unpaired) electrons. The molecule has 2 rings (SSSR count). The molecule has 5 nitrogen and oxygen atoms in total. The molecule has 1 heterocycles. The Morgan fingerprint density at radius 3 is 2.94 bits per heavy atom. The van der Waals surface area contributed by atoms with Gasteiger partial charge in [-0.05, 0) is 24.1 Å². The number of nitrogens with one attached hydrogen (secondary N) is 1. The number of benzene rings is 1. The van der Waals surface area contributed by atoms with E-state index in [-0.39, 0.29) is 0 Å². The van der Waals surface area contributed by atoms with Crippen LogP contribution in [0.3, 0.4) is 0 Å². The predicted octanol–water partition coefficient (Wildman–Crippen LogP) is 1.72. The number of aromatic nitrogens is 2. The summed E-state index contributed by atoms with van der Waals surface area (Å²) in [6, 6.07) is 6.18. The van der Waals surface area contributed by atoms with Gasteiger partial charge >= 0.3 is 0 Å². The van der Waals surface area contributed by atoms with Crippen molar-refractivity contribution in [3.05, 3.63) is 41.5 Å². The van der Waals surface area contributed by atoms with Crippen molar-refractivity contribution >= 4 is 0 Å². The van der Waals surface area contributed by atoms with Crippen LogP contribution in [-0.2, 0) is 13.0 Å². The maximum atomic E-state index is 5.23. The van der Waals surface area contributed by atoms with E-state index in [0.29, 0.717) is 5.89 Å². The fourth-order valence-electron chi connectivity index (χ4n) is 1.78. The Bertz CT molecular complexity index is 483. The largest absolute Gasteiger partial charge is 0.496 e. The van der Waals surface area contributed by atoms with E-state index in [1.54, 1.807) is 7.11 Å². The van der Waals surface area contributed by atoms with Crippen LogP contribution in [0.5, 0.6) is 5.75 Å². The molecule has 0 saturated heterocycles. The van der Waals surface area contributed by atoms with E-state index < -0.39 is 0 Å². The molecule has 0 aliphatic carbocycles. The lowest BCUT2D eigenvalue weighted by Gasteiger charge is -2.08. The predicted molar refractivity (Wildman–Crippen MR) is 67.4 cm³/mol. The summed E-state index contributed by atoms with van der Waals surface area (Å²) in [7, 11) is 1.69. The van der Waals surface area contributed by atoms with Crippen molar-refractivity contribution in [2.75, 3.05) is 13.7 Å². The van der Waals surface area contributed by atoms with Crippen molar-refractivity contribution in [3.63, 3.8) is 0 Å². The van der Waals surface area contributed by atoms with Gasteiger partial charge in [-0.2, -0.15) is 4.98 Å². The summed E-state index contributed by atoms with van der Waals surface area (Å²) in [4.78, 5) is 3.96. The van der Waals surface area contributed by atoms with Crippen LogP contribution in [-0.4, -0.2) is 23.8 Å². The molecule has 0 saturated carbocycles. The number of rotatable bonds is 6. The van der Waals surface area contributed by atoms with Gasteiger partial charge in [0.15, 0.2) is 6.33 Å². The lowest BCUT2D eigenvalue weighted by molar-refractivity contribution is 0.375. The third-order valence-electron chi connectivity index (χ3n) is 2.71. The topological polar surface area (TPSA) is 60.2 Å². The Kier molecular flexibility index (Phi) is 4.30. The van der Waals surface area contributed by atoms with Crippen LogP contribution in [0, 0.1) is 6.92 Å². The fraction of sp³-hybridized carbons (Fsp3) is 0.385. The molecule has 0 aliphatic rings. The van der Waals surface area contributed by atoms with Gasteiger partial charge in [0.05, 0.1) is 7.11 Å². The van der Waals surface area contributed by atoms with Crippen LogP contribution in [0.4, 0.5) is 0 Å². The fourth-order valence-corrected chi connectivity index (χ4v) is 1.78. The molecular weight excluding hydrogens is 230 g/mol. The molecule has 5 heteroatoms. The zero-order valence-corrected chi connectivity index (χ0v) is 10.6. The first-order valence-electron chi connectivity index (χ1n) is 5.89. The Hall–Kier alpha value is -1.88. The minimum atomic E-state index is 0.661. The first kappa shape index (κ1) is 12.6. The second kappa shape index (κ2) is 6.16. The highest BCUT2D eigenvalue weighted by Crippen LogP contribution is 2.18. The van der Waals surface area contributed by atoms with Gasteiger partial charge in [-0.15, -0.1) is 0 Å². The van der Waals surface area contributed by atoms with Gasteiger partial charge < -0.3 is 14.6 Å². The normalized spacial score (nSPS) is 10.6. The number of methoxy groups -OCH3 is 1. The average molecular weight is 247 g/mol. The van der Waals surface area contributed by atoms with E-state index in [1.165, 1.54) is 11.9 Å². The van der Waals surface area contributed by atoms with E-state index in [4.69, 9.17) is 9.26 Å². The molecule has 0 spiro atoms. The third kappa shape index (κ3) is 3.30. The second-order valence-corrected chi connectivity index (χ2v) is 4.07. The van der Waals surface area contributed by atoms with Gasteiger partial charge in [-0.3, -0.25) is 0 Å². The van der Waals surface area contributed by atoms with E-state index in [2.05, 4.69) is 27.6 Å². The first-order chi connectivity index (χ1) is 8.79. The van der Waals surface area contributed by atoms with Crippen molar-refractivity contribution in [1.29, 1.82) is 0 Å². The highest BCUT2D eigenvalue weighted by molar-refractivity contribution is 5.36. The molecule has 0 unspecified atom stereocenters. The van der Waals surface area contributed by atoms with Crippen molar-refractivity contribution in [1.82, 2.24) is 15.5 Å². The highest BCUT2D eigenvalue weighted by Gasteiger charge is 2.01. The SMILES string of the molecule is COc1ccc(CNCCc2ncno2)cc1C.